The fourth-order valence-electron chi connectivity index (χ4n) is 1.70. The molecule has 1 amide bonds. The highest BCUT2D eigenvalue weighted by Crippen LogP contribution is 2.20. The van der Waals surface area contributed by atoms with Gasteiger partial charge in [0.15, 0.2) is 0 Å². The second kappa shape index (κ2) is 6.16. The number of carboxylic acids is 1. The first kappa shape index (κ1) is 14.2. The topological polar surface area (TPSA) is 92.4 Å². The van der Waals surface area contributed by atoms with Crippen molar-refractivity contribution in [3.8, 4) is 0 Å². The van der Waals surface area contributed by atoms with Gasteiger partial charge in [0.2, 0.25) is 5.91 Å². The van der Waals surface area contributed by atoms with Crippen LogP contribution in [0, 0.1) is 12.8 Å². The molecule has 0 spiro atoms. The Morgan fingerprint density at radius 3 is 2.61 bits per heavy atom. The molecule has 1 atom stereocenters. The van der Waals surface area contributed by atoms with Gasteiger partial charge in [-0.1, -0.05) is 13.0 Å². The lowest BCUT2D eigenvalue weighted by molar-refractivity contribution is -0.119. The van der Waals surface area contributed by atoms with E-state index in [2.05, 4.69) is 5.32 Å². The van der Waals surface area contributed by atoms with E-state index < -0.39 is 5.97 Å². The number of carbonyl (C=O) groups is 2. The molecular formula is C13H18N2O3. The Bertz CT molecular complexity index is 454. The molecule has 4 N–H and O–H groups in total. The lowest BCUT2D eigenvalue weighted by Crippen LogP contribution is -2.29. The van der Waals surface area contributed by atoms with Gasteiger partial charge in [-0.15, -0.1) is 0 Å². The number of nitrogens with one attached hydrogen (secondary N) is 1. The van der Waals surface area contributed by atoms with Crippen molar-refractivity contribution in [1.29, 1.82) is 0 Å². The highest BCUT2D eigenvalue weighted by molar-refractivity contribution is 5.96. The molecule has 18 heavy (non-hydrogen) atoms. The number of nitrogens with two attached hydrogens (primary N) is 1. The molecule has 0 radical (unpaired) electrons. The monoisotopic (exact) mass is 250 g/mol. The third-order valence-corrected chi connectivity index (χ3v) is 2.97. The summed E-state index contributed by atoms with van der Waals surface area (Å²) in [5.41, 5.74) is 6.75. The van der Waals surface area contributed by atoms with Crippen LogP contribution < -0.4 is 11.1 Å². The molecule has 0 aliphatic heterocycles. The standard InChI is InChI=1S/C13H18N2O3/c1-3-9(7-14)12(16)15-11-6-4-5-10(8(11)2)13(17)18/h4-6,9H,3,7,14H2,1-2H3,(H,15,16)(H,17,18). The fourth-order valence-corrected chi connectivity index (χ4v) is 1.70. The Kier molecular flexibility index (Phi) is 4.85. The number of amides is 1. The van der Waals surface area contributed by atoms with E-state index in [0.717, 1.165) is 0 Å². The molecule has 5 nitrogen and oxygen atoms in total. The van der Waals surface area contributed by atoms with Gasteiger partial charge >= 0.3 is 5.97 Å². The van der Waals surface area contributed by atoms with Gasteiger partial charge in [-0.3, -0.25) is 4.79 Å². The van der Waals surface area contributed by atoms with Gasteiger partial charge in [0.05, 0.1) is 11.5 Å². The maximum Gasteiger partial charge on any atom is 0.336 e. The van der Waals surface area contributed by atoms with Crippen molar-refractivity contribution in [3.05, 3.63) is 29.3 Å². The summed E-state index contributed by atoms with van der Waals surface area (Å²) in [5.74, 6) is -1.43. The van der Waals surface area contributed by atoms with E-state index in [1.165, 1.54) is 6.07 Å². The van der Waals surface area contributed by atoms with Crippen LogP contribution in [0.1, 0.15) is 29.3 Å². The van der Waals surface area contributed by atoms with Crippen LogP contribution in [0.15, 0.2) is 18.2 Å². The number of carboxylic acid groups (broad SMARTS) is 1. The Labute approximate surface area is 106 Å². The summed E-state index contributed by atoms with van der Waals surface area (Å²) in [7, 11) is 0. The zero-order valence-electron chi connectivity index (χ0n) is 10.6. The number of carbonyl (C=O) groups excluding carboxylic acids is 1. The third-order valence-electron chi connectivity index (χ3n) is 2.97. The average molecular weight is 250 g/mol. The van der Waals surface area contributed by atoms with Gasteiger partial charge in [0, 0.05) is 12.2 Å². The van der Waals surface area contributed by atoms with E-state index in [0.29, 0.717) is 17.7 Å². The molecule has 0 bridgehead atoms. The van der Waals surface area contributed by atoms with E-state index in [4.69, 9.17) is 10.8 Å². The Hall–Kier alpha value is -1.88. The zero-order chi connectivity index (χ0) is 13.7. The van der Waals surface area contributed by atoms with E-state index in [9.17, 15) is 9.59 Å². The molecule has 1 rings (SSSR count). The van der Waals surface area contributed by atoms with Crippen molar-refractivity contribution >= 4 is 17.6 Å². The summed E-state index contributed by atoms with van der Waals surface area (Å²) in [6, 6.07) is 4.80. The van der Waals surface area contributed by atoms with Crippen molar-refractivity contribution in [2.24, 2.45) is 11.7 Å². The van der Waals surface area contributed by atoms with Crippen molar-refractivity contribution < 1.29 is 14.7 Å². The Morgan fingerprint density at radius 2 is 2.11 bits per heavy atom. The summed E-state index contributed by atoms with van der Waals surface area (Å²) in [6.07, 6.45) is 0.653. The first-order chi connectivity index (χ1) is 8.51. The summed E-state index contributed by atoms with van der Waals surface area (Å²) in [6.45, 7) is 3.83. The minimum absolute atomic E-state index is 0.175. The number of rotatable bonds is 5. The third kappa shape index (κ3) is 3.07. The molecule has 98 valence electrons. The average Bonchev–Trinajstić information content (AvgIpc) is 2.33. The van der Waals surface area contributed by atoms with Crippen LogP contribution in [0.4, 0.5) is 5.69 Å². The molecule has 5 heteroatoms. The molecule has 0 saturated heterocycles. The lowest BCUT2D eigenvalue weighted by Gasteiger charge is -2.15. The molecule has 0 heterocycles. The van der Waals surface area contributed by atoms with Crippen molar-refractivity contribution in [2.75, 3.05) is 11.9 Å². The van der Waals surface area contributed by atoms with E-state index >= 15 is 0 Å². The quantitative estimate of drug-likeness (QED) is 0.740. The first-order valence-corrected chi connectivity index (χ1v) is 5.85. The predicted molar refractivity (Wildman–Crippen MR) is 69.6 cm³/mol. The van der Waals surface area contributed by atoms with Crippen molar-refractivity contribution in [1.82, 2.24) is 0 Å². The summed E-state index contributed by atoms with van der Waals surface area (Å²) < 4.78 is 0. The molecule has 1 unspecified atom stereocenters. The number of hydrogen-bond donors (Lipinski definition) is 3. The highest BCUT2D eigenvalue weighted by atomic mass is 16.4. The fraction of sp³-hybridized carbons (Fsp3) is 0.385. The lowest BCUT2D eigenvalue weighted by atomic mass is 10.0. The molecule has 1 aromatic carbocycles. The van der Waals surface area contributed by atoms with Crippen LogP contribution >= 0.6 is 0 Å². The second-order valence-electron chi connectivity index (χ2n) is 4.11. The minimum Gasteiger partial charge on any atom is -0.478 e. The minimum atomic E-state index is -1.01. The van der Waals surface area contributed by atoms with E-state index in [1.807, 2.05) is 6.92 Å². The van der Waals surface area contributed by atoms with Crippen LogP contribution in [0.5, 0.6) is 0 Å². The number of benzene rings is 1. The maximum absolute atomic E-state index is 11.9. The van der Waals surface area contributed by atoms with E-state index in [-0.39, 0.29) is 23.9 Å². The van der Waals surface area contributed by atoms with Crippen LogP contribution in [-0.4, -0.2) is 23.5 Å². The molecule has 0 aliphatic carbocycles. The van der Waals surface area contributed by atoms with Gasteiger partial charge in [0.1, 0.15) is 0 Å². The normalized spacial score (nSPS) is 11.9. The van der Waals surface area contributed by atoms with Crippen LogP contribution in [-0.2, 0) is 4.79 Å². The Balaban J connectivity index is 2.95. The summed E-state index contributed by atoms with van der Waals surface area (Å²) in [5, 5.41) is 11.7. The number of aromatic carboxylic acids is 1. The van der Waals surface area contributed by atoms with Crippen molar-refractivity contribution in [3.63, 3.8) is 0 Å². The number of hydrogen-bond acceptors (Lipinski definition) is 3. The first-order valence-electron chi connectivity index (χ1n) is 5.85. The molecular weight excluding hydrogens is 232 g/mol. The SMILES string of the molecule is CCC(CN)C(=O)Nc1cccc(C(=O)O)c1C. The number of anilines is 1. The molecule has 0 saturated carbocycles. The van der Waals surface area contributed by atoms with Gasteiger partial charge in [-0.05, 0) is 31.0 Å². The maximum atomic E-state index is 11.9. The van der Waals surface area contributed by atoms with Crippen molar-refractivity contribution in [2.45, 2.75) is 20.3 Å². The smallest absolute Gasteiger partial charge is 0.336 e. The molecule has 0 fully saturated rings. The van der Waals surface area contributed by atoms with E-state index in [1.54, 1.807) is 19.1 Å². The van der Waals surface area contributed by atoms with Crippen LogP contribution in [0.25, 0.3) is 0 Å². The molecule has 0 aromatic heterocycles. The summed E-state index contributed by atoms with van der Waals surface area (Å²) in [4.78, 5) is 22.8. The largest absolute Gasteiger partial charge is 0.478 e. The van der Waals surface area contributed by atoms with Gasteiger partial charge in [-0.25, -0.2) is 4.79 Å². The molecule has 0 aliphatic rings. The highest BCUT2D eigenvalue weighted by Gasteiger charge is 2.17. The van der Waals surface area contributed by atoms with Gasteiger partial charge in [-0.2, -0.15) is 0 Å². The summed E-state index contributed by atoms with van der Waals surface area (Å²) >= 11 is 0. The zero-order valence-corrected chi connectivity index (χ0v) is 10.6. The molecule has 1 aromatic rings. The van der Waals surface area contributed by atoms with Crippen LogP contribution in [0.2, 0.25) is 0 Å². The Morgan fingerprint density at radius 1 is 1.44 bits per heavy atom. The van der Waals surface area contributed by atoms with Gasteiger partial charge < -0.3 is 16.2 Å². The van der Waals surface area contributed by atoms with Gasteiger partial charge in [0.25, 0.3) is 0 Å². The predicted octanol–water partition coefficient (Wildman–Crippen LogP) is 1.62. The van der Waals surface area contributed by atoms with Crippen LogP contribution in [0.3, 0.4) is 0 Å². The second-order valence-corrected chi connectivity index (χ2v) is 4.11.